The molecule has 7 heteroatoms. The van der Waals surface area contributed by atoms with Gasteiger partial charge in [-0.2, -0.15) is 0 Å². The number of ether oxygens (including phenoxy) is 1. The highest BCUT2D eigenvalue weighted by atomic mass is 16.5. The molecule has 1 aliphatic rings. The molecule has 1 aromatic rings. The first-order valence-electron chi connectivity index (χ1n) is 7.09. The van der Waals surface area contributed by atoms with Crippen LogP contribution >= 0.6 is 0 Å². The van der Waals surface area contributed by atoms with Crippen LogP contribution in [0.2, 0.25) is 0 Å². The van der Waals surface area contributed by atoms with Gasteiger partial charge in [-0.3, -0.25) is 9.78 Å². The van der Waals surface area contributed by atoms with Crippen molar-refractivity contribution < 1.29 is 14.6 Å². The highest BCUT2D eigenvalue weighted by molar-refractivity contribution is 5.92. The second kappa shape index (κ2) is 6.36. The summed E-state index contributed by atoms with van der Waals surface area (Å²) in [7, 11) is 0. The number of rotatable bonds is 4. The number of aliphatic hydroxyl groups excluding tert-OH is 1. The molecular formula is C14H22N4O3. The van der Waals surface area contributed by atoms with Crippen molar-refractivity contribution >= 4 is 11.7 Å². The third kappa shape index (κ3) is 3.89. The fourth-order valence-electron chi connectivity index (χ4n) is 2.44. The fraction of sp³-hybridized carbons (Fsp3) is 0.643. The minimum Gasteiger partial charge on any atom is -0.394 e. The van der Waals surface area contributed by atoms with Gasteiger partial charge in [0.25, 0.3) is 5.91 Å². The molecule has 116 valence electrons. The maximum Gasteiger partial charge on any atom is 0.274 e. The molecule has 0 spiro atoms. The molecule has 1 saturated heterocycles. The topological polar surface area (TPSA) is 87.6 Å². The Kier molecular flexibility index (Phi) is 4.74. The Morgan fingerprint density at radius 1 is 1.57 bits per heavy atom. The van der Waals surface area contributed by atoms with E-state index in [1.807, 2.05) is 20.8 Å². The second-order valence-corrected chi connectivity index (χ2v) is 5.69. The van der Waals surface area contributed by atoms with Crippen molar-refractivity contribution in [3.05, 3.63) is 18.1 Å². The first-order chi connectivity index (χ1) is 9.95. The van der Waals surface area contributed by atoms with E-state index in [2.05, 4.69) is 15.3 Å². The van der Waals surface area contributed by atoms with Crippen LogP contribution in [0.5, 0.6) is 0 Å². The zero-order valence-electron chi connectivity index (χ0n) is 12.7. The Bertz CT molecular complexity index is 507. The molecule has 7 nitrogen and oxygen atoms in total. The van der Waals surface area contributed by atoms with Gasteiger partial charge in [-0.1, -0.05) is 0 Å². The molecule has 0 aromatic carbocycles. The fourth-order valence-corrected chi connectivity index (χ4v) is 2.44. The van der Waals surface area contributed by atoms with Gasteiger partial charge < -0.3 is 20.1 Å². The van der Waals surface area contributed by atoms with Crippen molar-refractivity contribution in [2.24, 2.45) is 0 Å². The molecule has 1 aliphatic heterocycles. The van der Waals surface area contributed by atoms with Crippen molar-refractivity contribution in [3.63, 3.8) is 0 Å². The van der Waals surface area contributed by atoms with Gasteiger partial charge in [0.1, 0.15) is 11.5 Å². The second-order valence-electron chi connectivity index (χ2n) is 5.69. The van der Waals surface area contributed by atoms with E-state index in [4.69, 9.17) is 4.74 Å². The van der Waals surface area contributed by atoms with Gasteiger partial charge in [-0.05, 0) is 20.8 Å². The number of carbonyl (C=O) groups excluding carboxylic acids is 1. The first kappa shape index (κ1) is 15.7. The van der Waals surface area contributed by atoms with Gasteiger partial charge in [-0.25, -0.2) is 4.98 Å². The Morgan fingerprint density at radius 2 is 2.33 bits per heavy atom. The average molecular weight is 294 g/mol. The van der Waals surface area contributed by atoms with E-state index in [1.165, 1.54) is 6.20 Å². The lowest BCUT2D eigenvalue weighted by atomic mass is 10.0. The van der Waals surface area contributed by atoms with Gasteiger partial charge in [-0.15, -0.1) is 0 Å². The molecule has 2 N–H and O–H groups in total. The highest BCUT2D eigenvalue weighted by Crippen LogP contribution is 2.22. The molecule has 0 saturated carbocycles. The lowest BCUT2D eigenvalue weighted by Crippen LogP contribution is -2.55. The van der Waals surface area contributed by atoms with Crippen molar-refractivity contribution in [1.82, 2.24) is 14.9 Å². The minimum absolute atomic E-state index is 0.115. The SMILES string of the molecule is CCNc1cncc(C(=O)N2CC(CO)OC(C)(C)C2)n1. The van der Waals surface area contributed by atoms with Gasteiger partial charge >= 0.3 is 0 Å². The standard InChI is InChI=1S/C14H22N4O3/c1-4-16-12-6-15-5-11(17-12)13(20)18-7-10(8-19)21-14(2,3)9-18/h5-6,10,19H,4,7-9H2,1-3H3,(H,16,17). The van der Waals surface area contributed by atoms with E-state index < -0.39 is 5.60 Å². The number of hydrogen-bond donors (Lipinski definition) is 2. The summed E-state index contributed by atoms with van der Waals surface area (Å²) in [5.74, 6) is 0.381. The van der Waals surface area contributed by atoms with E-state index in [0.29, 0.717) is 31.1 Å². The first-order valence-corrected chi connectivity index (χ1v) is 7.09. The van der Waals surface area contributed by atoms with Crippen LogP contribution in [-0.4, -0.2) is 63.8 Å². The van der Waals surface area contributed by atoms with Crippen LogP contribution in [-0.2, 0) is 4.74 Å². The number of morpholine rings is 1. The molecule has 1 amide bonds. The number of anilines is 1. The van der Waals surface area contributed by atoms with E-state index in [-0.39, 0.29) is 18.6 Å². The van der Waals surface area contributed by atoms with Crippen molar-refractivity contribution in [3.8, 4) is 0 Å². The van der Waals surface area contributed by atoms with E-state index >= 15 is 0 Å². The molecular weight excluding hydrogens is 272 g/mol. The van der Waals surface area contributed by atoms with Gasteiger partial charge in [0.15, 0.2) is 0 Å². The quantitative estimate of drug-likeness (QED) is 0.842. The molecule has 2 rings (SSSR count). The number of carbonyl (C=O) groups is 1. The van der Waals surface area contributed by atoms with Crippen LogP contribution in [0.25, 0.3) is 0 Å². The van der Waals surface area contributed by atoms with Crippen LogP contribution < -0.4 is 5.32 Å². The van der Waals surface area contributed by atoms with E-state index in [9.17, 15) is 9.90 Å². The predicted molar refractivity (Wildman–Crippen MR) is 78.1 cm³/mol. The normalized spacial score (nSPS) is 21.1. The maximum atomic E-state index is 12.6. The lowest BCUT2D eigenvalue weighted by Gasteiger charge is -2.42. The molecule has 0 aliphatic carbocycles. The van der Waals surface area contributed by atoms with Crippen molar-refractivity contribution in [1.29, 1.82) is 0 Å². The summed E-state index contributed by atoms with van der Waals surface area (Å²) in [4.78, 5) is 22.5. The molecule has 1 unspecified atom stereocenters. The third-order valence-corrected chi connectivity index (χ3v) is 3.18. The lowest BCUT2D eigenvalue weighted by molar-refractivity contribution is -0.139. The maximum absolute atomic E-state index is 12.6. The molecule has 21 heavy (non-hydrogen) atoms. The van der Waals surface area contributed by atoms with E-state index in [0.717, 1.165) is 0 Å². The summed E-state index contributed by atoms with van der Waals surface area (Å²) in [6.07, 6.45) is 2.67. The third-order valence-electron chi connectivity index (χ3n) is 3.18. The minimum atomic E-state index is -0.492. The van der Waals surface area contributed by atoms with Crippen LogP contribution in [0.3, 0.4) is 0 Å². The van der Waals surface area contributed by atoms with Crippen molar-refractivity contribution in [2.75, 3.05) is 31.6 Å². The van der Waals surface area contributed by atoms with Gasteiger partial charge in [0.2, 0.25) is 0 Å². The molecule has 0 radical (unpaired) electrons. The summed E-state index contributed by atoms with van der Waals surface area (Å²) < 4.78 is 5.71. The van der Waals surface area contributed by atoms with Crippen LogP contribution in [0.1, 0.15) is 31.3 Å². The molecule has 1 aromatic heterocycles. The number of nitrogens with zero attached hydrogens (tertiary/aromatic N) is 3. The Hall–Kier alpha value is -1.73. The summed E-state index contributed by atoms with van der Waals surface area (Å²) in [6.45, 7) is 7.15. The van der Waals surface area contributed by atoms with E-state index in [1.54, 1.807) is 11.1 Å². The summed E-state index contributed by atoms with van der Waals surface area (Å²) in [5.41, 5.74) is -0.198. The van der Waals surface area contributed by atoms with Crippen molar-refractivity contribution in [2.45, 2.75) is 32.5 Å². The van der Waals surface area contributed by atoms with Crippen LogP contribution in [0, 0.1) is 0 Å². The zero-order chi connectivity index (χ0) is 15.5. The van der Waals surface area contributed by atoms with Crippen LogP contribution in [0.4, 0.5) is 5.82 Å². The highest BCUT2D eigenvalue weighted by Gasteiger charge is 2.36. The largest absolute Gasteiger partial charge is 0.394 e. The van der Waals surface area contributed by atoms with Crippen LogP contribution in [0.15, 0.2) is 12.4 Å². The molecule has 1 atom stereocenters. The summed E-state index contributed by atoms with van der Waals surface area (Å²) in [6, 6.07) is 0. The zero-order valence-corrected chi connectivity index (χ0v) is 12.7. The molecule has 1 fully saturated rings. The Morgan fingerprint density at radius 3 is 3.00 bits per heavy atom. The average Bonchev–Trinajstić information content (AvgIpc) is 2.45. The summed E-state index contributed by atoms with van der Waals surface area (Å²) >= 11 is 0. The predicted octanol–water partition coefficient (Wildman–Crippen LogP) is 0.520. The number of aromatic nitrogens is 2. The number of aliphatic hydroxyl groups is 1. The van der Waals surface area contributed by atoms with Gasteiger partial charge in [0.05, 0.1) is 30.7 Å². The smallest absolute Gasteiger partial charge is 0.274 e. The van der Waals surface area contributed by atoms with Gasteiger partial charge in [0, 0.05) is 19.6 Å². The molecule has 0 bridgehead atoms. The summed E-state index contributed by atoms with van der Waals surface area (Å²) in [5, 5.41) is 12.3. The Labute approximate surface area is 124 Å². The monoisotopic (exact) mass is 294 g/mol. The number of nitrogens with one attached hydrogen (secondary N) is 1. The Balaban J connectivity index is 2.16. The number of hydrogen-bond acceptors (Lipinski definition) is 6. The number of amides is 1. The molecule has 2 heterocycles.